The zero-order valence-corrected chi connectivity index (χ0v) is 18.7. The molecule has 0 saturated carbocycles. The van der Waals surface area contributed by atoms with Gasteiger partial charge in [-0.1, -0.05) is 48.4 Å². The van der Waals surface area contributed by atoms with Crippen LogP contribution in [0.4, 0.5) is 0 Å². The average molecular weight is 425 g/mol. The van der Waals surface area contributed by atoms with Crippen molar-refractivity contribution in [2.75, 3.05) is 19.6 Å². The molecule has 0 spiro atoms. The lowest BCUT2D eigenvalue weighted by Crippen LogP contribution is -3.13. The zero-order valence-electron chi connectivity index (χ0n) is 17.9. The number of benzene rings is 1. The molecule has 1 unspecified atom stereocenters. The van der Waals surface area contributed by atoms with Crippen molar-refractivity contribution >= 4 is 23.1 Å². The number of hydrogen-bond acceptors (Lipinski definition) is 2. The monoisotopic (exact) mass is 424 g/mol. The first kappa shape index (κ1) is 20.1. The summed E-state index contributed by atoms with van der Waals surface area (Å²) in [5, 5.41) is 0.775. The quantitative estimate of drug-likeness (QED) is 0.735. The van der Waals surface area contributed by atoms with Crippen LogP contribution in [0.25, 0.3) is 5.57 Å². The maximum absolute atomic E-state index is 12.8. The van der Waals surface area contributed by atoms with Gasteiger partial charge in [0.2, 0.25) is 0 Å². The molecule has 158 valence electrons. The molecule has 0 bridgehead atoms. The van der Waals surface area contributed by atoms with E-state index >= 15 is 0 Å². The summed E-state index contributed by atoms with van der Waals surface area (Å²) >= 11 is 6.02. The lowest BCUT2D eigenvalue weighted by Gasteiger charge is -2.43. The van der Waals surface area contributed by atoms with Crippen LogP contribution in [0.3, 0.4) is 0 Å². The highest BCUT2D eigenvalue weighted by Crippen LogP contribution is 2.52. The van der Waals surface area contributed by atoms with Crippen LogP contribution < -0.4 is 4.90 Å². The van der Waals surface area contributed by atoms with E-state index in [0.717, 1.165) is 50.3 Å². The molecular formula is C26H31ClNO2+. The number of halogens is 1. The van der Waals surface area contributed by atoms with Crippen molar-refractivity contribution in [1.82, 2.24) is 0 Å². The average Bonchev–Trinajstić information content (AvgIpc) is 3.01. The molecule has 2 aliphatic carbocycles. The Morgan fingerprint density at radius 3 is 2.77 bits per heavy atom. The fraction of sp³-hybridized carbons (Fsp3) is 0.500. The van der Waals surface area contributed by atoms with E-state index in [2.05, 4.69) is 44.2 Å². The second kappa shape index (κ2) is 7.69. The van der Waals surface area contributed by atoms with Gasteiger partial charge in [0.1, 0.15) is 12.0 Å². The van der Waals surface area contributed by atoms with E-state index < -0.39 is 0 Å². The van der Waals surface area contributed by atoms with Crippen LogP contribution >= 0.6 is 11.6 Å². The second-order valence-electron chi connectivity index (χ2n) is 9.82. The highest BCUT2D eigenvalue weighted by atomic mass is 35.5. The molecular weight excluding hydrogens is 394 g/mol. The Balaban J connectivity index is 1.31. The molecule has 0 radical (unpaired) electrons. The predicted octanol–water partition coefficient (Wildman–Crippen LogP) is 4.25. The molecule has 0 amide bonds. The highest BCUT2D eigenvalue weighted by molar-refractivity contribution is 6.30. The molecule has 0 aromatic heterocycles. The molecule has 5 atom stereocenters. The normalized spacial score (nSPS) is 35.6. The van der Waals surface area contributed by atoms with Crippen molar-refractivity contribution in [3.63, 3.8) is 0 Å². The van der Waals surface area contributed by atoms with Crippen LogP contribution in [0.1, 0.15) is 45.1 Å². The van der Waals surface area contributed by atoms with Crippen LogP contribution in [-0.2, 0) is 9.53 Å². The topological polar surface area (TPSA) is 30.7 Å². The van der Waals surface area contributed by atoms with Gasteiger partial charge in [-0.3, -0.25) is 4.79 Å². The summed E-state index contributed by atoms with van der Waals surface area (Å²) < 4.78 is 5.93. The third kappa shape index (κ3) is 3.56. The van der Waals surface area contributed by atoms with Gasteiger partial charge in [-0.05, 0) is 66.5 Å². The Morgan fingerprint density at radius 1 is 1.23 bits per heavy atom. The molecule has 4 aliphatic rings. The number of allylic oxidation sites excluding steroid dienone is 3. The Labute approximate surface area is 184 Å². The second-order valence-corrected chi connectivity index (χ2v) is 10.3. The molecule has 1 aromatic carbocycles. The van der Waals surface area contributed by atoms with Gasteiger partial charge in [-0.25, -0.2) is 0 Å². The van der Waals surface area contributed by atoms with Gasteiger partial charge in [0.15, 0.2) is 0 Å². The van der Waals surface area contributed by atoms with E-state index in [1.165, 1.54) is 27.2 Å². The van der Waals surface area contributed by atoms with E-state index in [4.69, 9.17) is 16.3 Å². The summed E-state index contributed by atoms with van der Waals surface area (Å²) in [6.07, 6.45) is 11.5. The Morgan fingerprint density at radius 2 is 2.03 bits per heavy atom. The predicted molar refractivity (Wildman–Crippen MR) is 120 cm³/mol. The van der Waals surface area contributed by atoms with Gasteiger partial charge in [0, 0.05) is 17.4 Å². The first-order chi connectivity index (χ1) is 14.4. The van der Waals surface area contributed by atoms with Gasteiger partial charge in [-0.15, -0.1) is 0 Å². The minimum absolute atomic E-state index is 0.0118. The van der Waals surface area contributed by atoms with Crippen molar-refractivity contribution in [3.05, 3.63) is 64.2 Å². The first-order valence-corrected chi connectivity index (χ1v) is 11.7. The molecule has 1 N–H and O–H groups in total. The number of rotatable bonds is 3. The van der Waals surface area contributed by atoms with E-state index in [9.17, 15) is 4.79 Å². The van der Waals surface area contributed by atoms with Crippen LogP contribution in [0.5, 0.6) is 0 Å². The third-order valence-corrected chi connectivity index (χ3v) is 8.06. The summed E-state index contributed by atoms with van der Waals surface area (Å²) in [6.45, 7) is 7.48. The molecule has 1 aromatic rings. The maximum atomic E-state index is 12.8. The summed E-state index contributed by atoms with van der Waals surface area (Å²) in [7, 11) is 0. The highest BCUT2D eigenvalue weighted by Gasteiger charge is 2.52. The summed E-state index contributed by atoms with van der Waals surface area (Å²) in [5.74, 6) is 0.240. The number of carbonyl (C=O) groups excluding carboxylic acids is 1. The van der Waals surface area contributed by atoms with Gasteiger partial charge in [-0.2, -0.15) is 0 Å². The third-order valence-electron chi connectivity index (χ3n) is 7.81. The smallest absolute Gasteiger partial charge is 0.315 e. The van der Waals surface area contributed by atoms with E-state index in [-0.39, 0.29) is 29.3 Å². The molecule has 1 fully saturated rings. The van der Waals surface area contributed by atoms with Crippen molar-refractivity contribution in [2.24, 2.45) is 17.3 Å². The molecule has 4 heteroatoms. The van der Waals surface area contributed by atoms with E-state index in [1.54, 1.807) is 0 Å². The van der Waals surface area contributed by atoms with Crippen LogP contribution in [0, 0.1) is 17.3 Å². The van der Waals surface area contributed by atoms with Gasteiger partial charge in [0.05, 0.1) is 19.6 Å². The van der Waals surface area contributed by atoms with E-state index in [1.807, 2.05) is 12.1 Å². The largest absolute Gasteiger partial charge is 0.461 e. The summed E-state index contributed by atoms with van der Waals surface area (Å²) in [5.41, 5.74) is 5.69. The Bertz CT molecular complexity index is 944. The molecule has 2 heterocycles. The lowest BCUT2D eigenvalue weighted by molar-refractivity contribution is -0.897. The van der Waals surface area contributed by atoms with Gasteiger partial charge < -0.3 is 9.64 Å². The standard InChI is InChI=1S/C26H30ClNO2/c1-17-4-3-11-26(2)15-24-21(14-23(17)26)22(25(29)30-24)16-28-12-9-19(10-13-28)18-5-7-20(27)8-6-18/h4-9,14,21-22,24H,3,10-13,15-16H2,1-2H3/p+1/t21-,22-,24-,26-/m1/s1. The Kier molecular flexibility index (Phi) is 5.15. The number of nitrogens with one attached hydrogen (secondary N) is 1. The maximum Gasteiger partial charge on any atom is 0.315 e. The zero-order chi connectivity index (χ0) is 20.9. The Hall–Kier alpha value is -1.84. The van der Waals surface area contributed by atoms with Crippen LogP contribution in [0.2, 0.25) is 5.02 Å². The van der Waals surface area contributed by atoms with Crippen molar-refractivity contribution in [3.8, 4) is 0 Å². The van der Waals surface area contributed by atoms with Crippen molar-refractivity contribution in [1.29, 1.82) is 0 Å². The van der Waals surface area contributed by atoms with Gasteiger partial charge >= 0.3 is 5.97 Å². The SMILES string of the molecule is CC1=CCC[C@]2(C)C[C@H]3OC(=O)[C@H](C[NH+]4CC=C(c5ccc(Cl)cc5)CC4)[C@H]3C=C12. The number of quaternary nitrogens is 1. The fourth-order valence-corrected chi connectivity index (χ4v) is 6.19. The molecule has 2 aliphatic heterocycles. The van der Waals surface area contributed by atoms with Crippen LogP contribution in [-0.4, -0.2) is 31.7 Å². The molecule has 30 heavy (non-hydrogen) atoms. The first-order valence-electron chi connectivity index (χ1n) is 11.3. The van der Waals surface area contributed by atoms with Crippen molar-refractivity contribution in [2.45, 2.75) is 45.6 Å². The molecule has 5 rings (SSSR count). The lowest BCUT2D eigenvalue weighted by atomic mass is 9.62. The van der Waals surface area contributed by atoms with Crippen molar-refractivity contribution < 1.29 is 14.4 Å². The number of ether oxygens (including phenoxy) is 1. The number of esters is 1. The van der Waals surface area contributed by atoms with Gasteiger partial charge in [0.25, 0.3) is 0 Å². The van der Waals surface area contributed by atoms with Crippen LogP contribution in [0.15, 0.2) is 53.6 Å². The minimum atomic E-state index is -0.0118. The summed E-state index contributed by atoms with van der Waals surface area (Å²) in [6, 6.07) is 8.11. The number of hydrogen-bond donors (Lipinski definition) is 1. The minimum Gasteiger partial charge on any atom is -0.461 e. The molecule has 1 saturated heterocycles. The molecule has 3 nitrogen and oxygen atoms in total. The number of fused-ring (bicyclic) bond motifs is 2. The van der Waals surface area contributed by atoms with E-state index in [0.29, 0.717) is 0 Å². The number of carbonyl (C=O) groups is 1. The fourth-order valence-electron chi connectivity index (χ4n) is 6.07. The summed E-state index contributed by atoms with van der Waals surface area (Å²) in [4.78, 5) is 14.3.